The van der Waals surface area contributed by atoms with Crippen LogP contribution in [0.1, 0.15) is 29.9 Å². The zero-order valence-electron chi connectivity index (χ0n) is 14.4. The van der Waals surface area contributed by atoms with Gasteiger partial charge in [0.2, 0.25) is 0 Å². The lowest BCUT2D eigenvalue weighted by molar-refractivity contribution is 0.381. The SMILES string of the molecule is COc1ccc(Br)cc1CCc1sccc1C1=NCCN1C(C)C. The van der Waals surface area contributed by atoms with Crippen molar-refractivity contribution in [1.82, 2.24) is 4.90 Å². The first-order valence-electron chi connectivity index (χ1n) is 8.30. The van der Waals surface area contributed by atoms with Crippen molar-refractivity contribution in [3.63, 3.8) is 0 Å². The van der Waals surface area contributed by atoms with E-state index >= 15 is 0 Å². The van der Waals surface area contributed by atoms with Crippen LogP contribution < -0.4 is 4.74 Å². The predicted molar refractivity (Wildman–Crippen MR) is 106 cm³/mol. The Kier molecular flexibility index (Phi) is 5.61. The number of aliphatic imine (C=N–C) groups is 1. The zero-order valence-corrected chi connectivity index (χ0v) is 16.8. The fourth-order valence-corrected chi connectivity index (χ4v) is 4.41. The van der Waals surface area contributed by atoms with Gasteiger partial charge >= 0.3 is 0 Å². The maximum atomic E-state index is 5.50. The third-order valence-corrected chi connectivity index (χ3v) is 5.82. The normalized spacial score (nSPS) is 14.4. The van der Waals surface area contributed by atoms with Crippen molar-refractivity contribution in [2.24, 2.45) is 4.99 Å². The van der Waals surface area contributed by atoms with E-state index in [2.05, 4.69) is 52.2 Å². The Hall–Kier alpha value is -1.33. The minimum atomic E-state index is 0.490. The summed E-state index contributed by atoms with van der Waals surface area (Å²) in [5.41, 5.74) is 2.54. The second-order valence-electron chi connectivity index (χ2n) is 6.21. The van der Waals surface area contributed by atoms with Crippen LogP contribution in [0.25, 0.3) is 0 Å². The summed E-state index contributed by atoms with van der Waals surface area (Å²) in [6, 6.07) is 8.91. The molecule has 3 rings (SSSR count). The molecule has 0 spiro atoms. The minimum absolute atomic E-state index is 0.490. The van der Waals surface area contributed by atoms with Crippen molar-refractivity contribution in [3.05, 3.63) is 50.1 Å². The van der Waals surface area contributed by atoms with Gasteiger partial charge in [-0.1, -0.05) is 15.9 Å². The average molecular weight is 407 g/mol. The fraction of sp³-hybridized carbons (Fsp3) is 0.421. The molecule has 0 N–H and O–H groups in total. The lowest BCUT2D eigenvalue weighted by atomic mass is 10.1. The van der Waals surface area contributed by atoms with Gasteiger partial charge in [-0.05, 0) is 61.9 Å². The van der Waals surface area contributed by atoms with Crippen LogP contribution in [0.3, 0.4) is 0 Å². The Morgan fingerprint density at radius 2 is 2.12 bits per heavy atom. The van der Waals surface area contributed by atoms with Gasteiger partial charge in [-0.2, -0.15) is 0 Å². The molecule has 5 heteroatoms. The number of rotatable bonds is 6. The largest absolute Gasteiger partial charge is 0.496 e. The van der Waals surface area contributed by atoms with Crippen LogP contribution >= 0.6 is 27.3 Å². The number of amidine groups is 1. The first kappa shape index (κ1) is 17.5. The molecular weight excluding hydrogens is 384 g/mol. The van der Waals surface area contributed by atoms with Crippen LogP contribution in [0.4, 0.5) is 0 Å². The number of nitrogens with zero attached hydrogens (tertiary/aromatic N) is 2. The highest BCUT2D eigenvalue weighted by molar-refractivity contribution is 9.10. The molecule has 1 aliphatic rings. The lowest BCUT2D eigenvalue weighted by Crippen LogP contribution is -2.34. The number of benzene rings is 1. The molecule has 1 aromatic carbocycles. The Bertz CT molecular complexity index is 739. The smallest absolute Gasteiger partial charge is 0.132 e. The number of ether oxygens (including phenoxy) is 1. The summed E-state index contributed by atoms with van der Waals surface area (Å²) in [7, 11) is 1.73. The van der Waals surface area contributed by atoms with Gasteiger partial charge in [-0.25, -0.2) is 0 Å². The molecule has 24 heavy (non-hydrogen) atoms. The first-order valence-corrected chi connectivity index (χ1v) is 9.97. The van der Waals surface area contributed by atoms with E-state index in [1.54, 1.807) is 7.11 Å². The number of methoxy groups -OCH3 is 1. The van der Waals surface area contributed by atoms with Crippen molar-refractivity contribution in [2.75, 3.05) is 20.2 Å². The third-order valence-electron chi connectivity index (χ3n) is 4.35. The van der Waals surface area contributed by atoms with Crippen LogP contribution in [0.15, 0.2) is 39.1 Å². The third kappa shape index (κ3) is 3.67. The van der Waals surface area contributed by atoms with Crippen LogP contribution in [0.5, 0.6) is 5.75 Å². The molecule has 1 aromatic heterocycles. The van der Waals surface area contributed by atoms with Gasteiger partial charge in [0.05, 0.1) is 13.7 Å². The van der Waals surface area contributed by atoms with Gasteiger partial charge in [0, 0.05) is 27.5 Å². The van der Waals surface area contributed by atoms with E-state index in [0.717, 1.165) is 36.2 Å². The molecule has 2 aromatic rings. The van der Waals surface area contributed by atoms with E-state index in [1.807, 2.05) is 23.5 Å². The Balaban J connectivity index is 1.79. The summed E-state index contributed by atoms with van der Waals surface area (Å²) < 4.78 is 6.59. The van der Waals surface area contributed by atoms with Crippen LogP contribution in [-0.2, 0) is 12.8 Å². The topological polar surface area (TPSA) is 24.8 Å². The van der Waals surface area contributed by atoms with Gasteiger partial charge in [0.15, 0.2) is 0 Å². The minimum Gasteiger partial charge on any atom is -0.496 e. The van der Waals surface area contributed by atoms with Gasteiger partial charge in [-0.3, -0.25) is 4.99 Å². The molecule has 0 bridgehead atoms. The molecule has 1 aliphatic heterocycles. The summed E-state index contributed by atoms with van der Waals surface area (Å²) in [6.07, 6.45) is 1.97. The summed E-state index contributed by atoms with van der Waals surface area (Å²) in [4.78, 5) is 8.58. The molecule has 3 nitrogen and oxygen atoms in total. The summed E-state index contributed by atoms with van der Waals surface area (Å²) in [5.74, 6) is 2.13. The quantitative estimate of drug-likeness (QED) is 0.689. The van der Waals surface area contributed by atoms with E-state index in [1.165, 1.54) is 21.8 Å². The highest BCUT2D eigenvalue weighted by atomic mass is 79.9. The van der Waals surface area contributed by atoms with Crippen LogP contribution in [0, 0.1) is 0 Å². The lowest BCUT2D eigenvalue weighted by Gasteiger charge is -2.25. The maximum Gasteiger partial charge on any atom is 0.132 e. The number of halogens is 1. The highest BCUT2D eigenvalue weighted by Gasteiger charge is 2.23. The molecule has 0 saturated heterocycles. The van der Waals surface area contributed by atoms with Crippen molar-refractivity contribution in [2.45, 2.75) is 32.7 Å². The maximum absolute atomic E-state index is 5.50. The monoisotopic (exact) mass is 406 g/mol. The summed E-state index contributed by atoms with van der Waals surface area (Å²) in [5, 5.41) is 2.18. The van der Waals surface area contributed by atoms with Crippen LogP contribution in [0.2, 0.25) is 0 Å². The zero-order chi connectivity index (χ0) is 17.1. The Morgan fingerprint density at radius 3 is 2.88 bits per heavy atom. The molecule has 0 fully saturated rings. The van der Waals surface area contributed by atoms with Gasteiger partial charge < -0.3 is 9.64 Å². The van der Waals surface area contributed by atoms with Crippen molar-refractivity contribution >= 4 is 33.1 Å². The van der Waals surface area contributed by atoms with Gasteiger partial charge in [0.25, 0.3) is 0 Å². The molecule has 2 heterocycles. The summed E-state index contributed by atoms with van der Waals surface area (Å²) in [6.45, 7) is 6.41. The molecular formula is C19H23BrN2OS. The number of thiophene rings is 1. The standard InChI is InChI=1S/C19H23BrN2OS/c1-13(2)22-10-9-21-19(22)16-8-11-24-18(16)7-4-14-12-15(20)5-6-17(14)23-3/h5-6,8,11-13H,4,7,9-10H2,1-3H3. The second kappa shape index (κ2) is 7.70. The molecule has 0 unspecified atom stereocenters. The van der Waals surface area contributed by atoms with Gasteiger partial charge in [-0.15, -0.1) is 11.3 Å². The second-order valence-corrected chi connectivity index (χ2v) is 8.12. The predicted octanol–water partition coefficient (Wildman–Crippen LogP) is 4.78. The molecule has 0 radical (unpaired) electrons. The summed E-state index contributed by atoms with van der Waals surface area (Å²) >= 11 is 5.38. The van der Waals surface area contributed by atoms with E-state index in [9.17, 15) is 0 Å². The highest BCUT2D eigenvalue weighted by Crippen LogP contribution is 2.28. The van der Waals surface area contributed by atoms with Crippen molar-refractivity contribution in [3.8, 4) is 5.75 Å². The first-order chi connectivity index (χ1) is 11.6. The van der Waals surface area contributed by atoms with E-state index < -0.39 is 0 Å². The van der Waals surface area contributed by atoms with E-state index in [0.29, 0.717) is 6.04 Å². The molecule has 0 atom stereocenters. The van der Waals surface area contributed by atoms with Gasteiger partial charge in [0.1, 0.15) is 11.6 Å². The molecule has 128 valence electrons. The van der Waals surface area contributed by atoms with E-state index in [4.69, 9.17) is 9.73 Å². The number of hydrogen-bond acceptors (Lipinski definition) is 4. The average Bonchev–Trinajstić information content (AvgIpc) is 3.21. The molecule has 0 aliphatic carbocycles. The molecule has 0 saturated carbocycles. The van der Waals surface area contributed by atoms with Crippen molar-refractivity contribution < 1.29 is 4.74 Å². The molecule has 0 amide bonds. The number of aryl methyl sites for hydroxylation is 2. The Morgan fingerprint density at radius 1 is 1.29 bits per heavy atom. The fourth-order valence-electron chi connectivity index (χ4n) is 3.13. The van der Waals surface area contributed by atoms with Crippen LogP contribution in [-0.4, -0.2) is 37.0 Å². The Labute approximate surface area is 156 Å². The van der Waals surface area contributed by atoms with Crippen molar-refractivity contribution in [1.29, 1.82) is 0 Å². The van der Waals surface area contributed by atoms with E-state index in [-0.39, 0.29) is 0 Å². The number of hydrogen-bond donors (Lipinski definition) is 0.